The van der Waals surface area contributed by atoms with Crippen molar-refractivity contribution >= 4 is 49.1 Å². The molecule has 1 atom stereocenters. The fraction of sp³-hybridized carbons (Fsp3) is 0.619. The highest BCUT2D eigenvalue weighted by atomic mass is 32.2. The highest BCUT2D eigenvalue weighted by molar-refractivity contribution is 8.01. The van der Waals surface area contributed by atoms with E-state index in [0.717, 1.165) is 46.0 Å². The molecule has 0 radical (unpaired) electrons. The van der Waals surface area contributed by atoms with Crippen molar-refractivity contribution in [1.82, 2.24) is 9.88 Å². The maximum atomic E-state index is 13.2. The smallest absolute Gasteiger partial charge is 0.233 e. The zero-order chi connectivity index (χ0) is 21.1. The van der Waals surface area contributed by atoms with Gasteiger partial charge in [0.05, 0.1) is 34.1 Å². The number of benzene rings is 1. The molecule has 1 aromatic carbocycles. The summed E-state index contributed by atoms with van der Waals surface area (Å²) in [5.74, 6) is 1.48. The topological polar surface area (TPSA) is 76.6 Å². The average Bonchev–Trinajstić information content (AvgIpc) is 3.29. The van der Waals surface area contributed by atoms with Crippen LogP contribution in [-0.2, 0) is 14.6 Å². The summed E-state index contributed by atoms with van der Waals surface area (Å²) < 4.78 is 31.5. The van der Waals surface area contributed by atoms with Gasteiger partial charge >= 0.3 is 0 Å². The van der Waals surface area contributed by atoms with Gasteiger partial charge in [-0.05, 0) is 44.4 Å². The molecule has 2 heterocycles. The third-order valence-corrected chi connectivity index (χ3v) is 9.72. The minimum absolute atomic E-state index is 0.0447. The molecule has 0 spiro atoms. The van der Waals surface area contributed by atoms with Gasteiger partial charge in [0.25, 0.3) is 0 Å². The maximum Gasteiger partial charge on any atom is 0.233 e. The summed E-state index contributed by atoms with van der Waals surface area (Å²) in [7, 11) is -3.03. The molecule has 2 aromatic rings. The number of hydrogen-bond acceptors (Lipinski definition) is 7. The second kappa shape index (κ2) is 9.44. The first-order valence-corrected chi connectivity index (χ1v) is 14.3. The van der Waals surface area contributed by atoms with E-state index in [4.69, 9.17) is 4.74 Å². The van der Waals surface area contributed by atoms with Crippen LogP contribution in [0, 0.1) is 0 Å². The number of fused-ring (bicyclic) bond motifs is 1. The molecular formula is C21H28N2O4S3. The van der Waals surface area contributed by atoms with Crippen LogP contribution in [0.5, 0.6) is 5.75 Å². The van der Waals surface area contributed by atoms with Crippen molar-refractivity contribution in [3.8, 4) is 5.75 Å². The van der Waals surface area contributed by atoms with Crippen LogP contribution in [0.25, 0.3) is 10.2 Å². The Hall–Kier alpha value is -1.32. The van der Waals surface area contributed by atoms with E-state index in [0.29, 0.717) is 18.8 Å². The number of amides is 1. The van der Waals surface area contributed by atoms with Crippen molar-refractivity contribution in [3.05, 3.63) is 18.2 Å². The predicted molar refractivity (Wildman–Crippen MR) is 122 cm³/mol. The quantitative estimate of drug-likeness (QED) is 0.569. The fourth-order valence-corrected chi connectivity index (χ4v) is 8.14. The van der Waals surface area contributed by atoms with Gasteiger partial charge in [-0.2, -0.15) is 0 Å². The first-order chi connectivity index (χ1) is 14.4. The molecule has 0 bridgehead atoms. The molecular weight excluding hydrogens is 440 g/mol. The highest BCUT2D eigenvalue weighted by Crippen LogP contribution is 2.33. The van der Waals surface area contributed by atoms with Crippen LogP contribution in [0.2, 0.25) is 0 Å². The van der Waals surface area contributed by atoms with Gasteiger partial charge in [0, 0.05) is 12.1 Å². The monoisotopic (exact) mass is 468 g/mol. The number of thioether (sulfide) groups is 1. The molecule has 6 nitrogen and oxygen atoms in total. The summed E-state index contributed by atoms with van der Waals surface area (Å²) in [6, 6.07) is 5.85. The lowest BCUT2D eigenvalue weighted by Crippen LogP contribution is -2.49. The molecule has 1 amide bonds. The molecule has 2 aliphatic rings. The van der Waals surface area contributed by atoms with Crippen LogP contribution in [0.4, 0.5) is 0 Å². The van der Waals surface area contributed by atoms with Crippen LogP contribution in [0.1, 0.15) is 45.4 Å². The minimum atomic E-state index is -3.03. The number of thiazole rings is 1. The van der Waals surface area contributed by atoms with E-state index in [1.165, 1.54) is 18.2 Å². The summed E-state index contributed by atoms with van der Waals surface area (Å²) in [5, 5.41) is 0. The van der Waals surface area contributed by atoms with Gasteiger partial charge in [-0.3, -0.25) is 4.79 Å². The molecule has 1 aromatic heterocycles. The highest BCUT2D eigenvalue weighted by Gasteiger charge is 2.38. The van der Waals surface area contributed by atoms with E-state index in [1.54, 1.807) is 11.3 Å². The summed E-state index contributed by atoms with van der Waals surface area (Å²) in [6.07, 6.45) is 5.95. The Balaban J connectivity index is 1.46. The minimum Gasteiger partial charge on any atom is -0.494 e. The van der Waals surface area contributed by atoms with Crippen molar-refractivity contribution < 1.29 is 17.9 Å². The Morgan fingerprint density at radius 2 is 2.03 bits per heavy atom. The molecule has 1 saturated carbocycles. The van der Waals surface area contributed by atoms with Gasteiger partial charge < -0.3 is 9.64 Å². The van der Waals surface area contributed by atoms with Crippen LogP contribution in [0.15, 0.2) is 22.5 Å². The zero-order valence-electron chi connectivity index (χ0n) is 17.2. The number of hydrogen-bond donors (Lipinski definition) is 0. The first-order valence-electron chi connectivity index (χ1n) is 10.6. The van der Waals surface area contributed by atoms with Gasteiger partial charge in [-0.15, -0.1) is 11.3 Å². The molecule has 30 heavy (non-hydrogen) atoms. The van der Waals surface area contributed by atoms with Gasteiger partial charge in [0.1, 0.15) is 5.75 Å². The standard InChI is InChI=1S/C21H28N2O4S3/c1-2-27-17-8-9-18-19(12-17)29-21(22-18)28-13-20(24)23(15-6-4-3-5-7-15)16-10-11-30(25,26)14-16/h8-9,12,15-16H,2-7,10-11,13-14H2,1H3/t16-/m0/s1. The number of sulfone groups is 1. The first kappa shape index (κ1) is 21.9. The number of nitrogens with zero attached hydrogens (tertiary/aromatic N) is 2. The molecule has 1 saturated heterocycles. The number of aromatic nitrogens is 1. The Morgan fingerprint density at radius 3 is 2.73 bits per heavy atom. The summed E-state index contributed by atoms with van der Waals surface area (Å²) in [5.41, 5.74) is 0.907. The SMILES string of the molecule is CCOc1ccc2nc(SCC(=O)N(C3CCCCC3)[C@H]3CCS(=O)(=O)C3)sc2c1. The number of carbonyl (C=O) groups excluding carboxylic acids is 1. The molecule has 9 heteroatoms. The lowest BCUT2D eigenvalue weighted by atomic mass is 9.93. The van der Waals surface area contributed by atoms with Gasteiger partial charge in [-0.25, -0.2) is 13.4 Å². The van der Waals surface area contributed by atoms with Crippen LogP contribution < -0.4 is 4.74 Å². The largest absolute Gasteiger partial charge is 0.494 e. The van der Waals surface area contributed by atoms with E-state index in [9.17, 15) is 13.2 Å². The van der Waals surface area contributed by atoms with Crippen molar-refractivity contribution in [2.24, 2.45) is 0 Å². The molecule has 4 rings (SSSR count). The van der Waals surface area contributed by atoms with Crippen LogP contribution in [-0.4, -0.2) is 60.2 Å². The van der Waals surface area contributed by atoms with E-state index >= 15 is 0 Å². The second-order valence-corrected chi connectivity index (χ2v) is 12.5. The van der Waals surface area contributed by atoms with Crippen LogP contribution >= 0.6 is 23.1 Å². The van der Waals surface area contributed by atoms with Gasteiger partial charge in [0.15, 0.2) is 14.2 Å². The molecule has 2 fully saturated rings. The predicted octanol–water partition coefficient (Wildman–Crippen LogP) is 4.14. The maximum absolute atomic E-state index is 13.2. The van der Waals surface area contributed by atoms with Crippen molar-refractivity contribution in [1.29, 1.82) is 0 Å². The summed E-state index contributed by atoms with van der Waals surface area (Å²) in [6.45, 7) is 2.58. The number of rotatable bonds is 7. The van der Waals surface area contributed by atoms with Crippen molar-refractivity contribution in [2.45, 2.75) is 61.9 Å². The second-order valence-electron chi connectivity index (χ2n) is 7.98. The third-order valence-electron chi connectivity index (χ3n) is 5.83. The molecule has 1 aliphatic heterocycles. The number of carbonyl (C=O) groups is 1. The normalized spacial score (nSPS) is 21.7. The summed E-state index contributed by atoms with van der Waals surface area (Å²) in [4.78, 5) is 19.8. The Bertz CT molecular complexity index is 999. The Kier molecular flexibility index (Phi) is 6.89. The Morgan fingerprint density at radius 1 is 1.23 bits per heavy atom. The fourth-order valence-electron chi connectivity index (χ4n) is 4.46. The van der Waals surface area contributed by atoms with Crippen molar-refractivity contribution in [2.75, 3.05) is 23.9 Å². The van der Waals surface area contributed by atoms with Crippen molar-refractivity contribution in [3.63, 3.8) is 0 Å². The van der Waals surface area contributed by atoms with E-state index < -0.39 is 9.84 Å². The molecule has 164 valence electrons. The Labute approximate surface area is 186 Å². The molecule has 1 aliphatic carbocycles. The van der Waals surface area contributed by atoms with Gasteiger partial charge in [0.2, 0.25) is 5.91 Å². The van der Waals surface area contributed by atoms with Crippen LogP contribution in [0.3, 0.4) is 0 Å². The van der Waals surface area contributed by atoms with Gasteiger partial charge in [-0.1, -0.05) is 31.0 Å². The van der Waals surface area contributed by atoms with E-state index in [-0.39, 0.29) is 29.5 Å². The lowest BCUT2D eigenvalue weighted by molar-refractivity contribution is -0.133. The van der Waals surface area contributed by atoms with E-state index in [1.807, 2.05) is 30.0 Å². The zero-order valence-corrected chi connectivity index (χ0v) is 19.7. The molecule has 0 N–H and O–H groups in total. The molecule has 0 unspecified atom stereocenters. The van der Waals surface area contributed by atoms with E-state index in [2.05, 4.69) is 4.98 Å². The average molecular weight is 469 g/mol. The number of ether oxygens (including phenoxy) is 1. The summed E-state index contributed by atoms with van der Waals surface area (Å²) >= 11 is 3.01. The lowest BCUT2D eigenvalue weighted by Gasteiger charge is -2.38. The third kappa shape index (κ3) is 5.11.